The Morgan fingerprint density at radius 3 is 3.06 bits per heavy atom. The van der Waals surface area contributed by atoms with Gasteiger partial charge in [-0.05, 0) is 37.7 Å². The van der Waals surface area contributed by atoms with Gasteiger partial charge in [-0.1, -0.05) is 30.4 Å². The molecule has 2 rings (SSSR count). The molecule has 1 aromatic carbocycles. The van der Waals surface area contributed by atoms with Gasteiger partial charge in [-0.15, -0.1) is 0 Å². The molecule has 0 aliphatic carbocycles. The lowest BCUT2D eigenvalue weighted by atomic mass is 10.1. The molecule has 2 nitrogen and oxygen atoms in total. The zero-order chi connectivity index (χ0) is 11.2. The Balaban J connectivity index is 2.27. The molecular weight excluding hydrogens is 196 g/mol. The Kier molecular flexibility index (Phi) is 3.67. The summed E-state index contributed by atoms with van der Waals surface area (Å²) in [6.07, 6.45) is 7.24. The highest BCUT2D eigenvalue weighted by molar-refractivity contribution is 5.87. The molecule has 0 saturated carbocycles. The quantitative estimate of drug-likeness (QED) is 0.788. The zero-order valence-electron chi connectivity index (χ0n) is 9.48. The van der Waals surface area contributed by atoms with Gasteiger partial charge in [0.25, 0.3) is 0 Å². The fraction of sp³-hybridized carbons (Fsp3) is 0.214. The number of hydrogen-bond acceptors (Lipinski definition) is 2. The van der Waals surface area contributed by atoms with Gasteiger partial charge in [0, 0.05) is 11.6 Å². The van der Waals surface area contributed by atoms with E-state index in [2.05, 4.69) is 34.6 Å². The van der Waals surface area contributed by atoms with Crippen molar-refractivity contribution in [3.63, 3.8) is 0 Å². The maximum atomic E-state index is 4.34. The third-order valence-electron chi connectivity index (χ3n) is 2.54. The lowest BCUT2D eigenvalue weighted by Gasteiger charge is -2.00. The molecule has 16 heavy (non-hydrogen) atoms. The molecule has 2 heteroatoms. The van der Waals surface area contributed by atoms with Crippen LogP contribution in [0, 0.1) is 0 Å². The number of aromatic nitrogens is 1. The van der Waals surface area contributed by atoms with Crippen molar-refractivity contribution in [1.29, 1.82) is 0 Å². The number of benzene rings is 1. The molecule has 0 aliphatic heterocycles. The van der Waals surface area contributed by atoms with Crippen molar-refractivity contribution in [2.24, 2.45) is 0 Å². The van der Waals surface area contributed by atoms with Crippen molar-refractivity contribution in [3.05, 3.63) is 48.2 Å². The van der Waals surface area contributed by atoms with Crippen LogP contribution in [0.5, 0.6) is 0 Å². The maximum absolute atomic E-state index is 4.34. The van der Waals surface area contributed by atoms with Crippen molar-refractivity contribution in [1.82, 2.24) is 10.3 Å². The Morgan fingerprint density at radius 2 is 2.19 bits per heavy atom. The number of nitrogens with zero attached hydrogens (tertiary/aromatic N) is 1. The molecule has 0 fully saturated rings. The number of hydrogen-bond donors (Lipinski definition) is 1. The molecule has 0 aliphatic rings. The normalized spacial score (nSPS) is 11.3. The van der Waals surface area contributed by atoms with Crippen molar-refractivity contribution >= 4 is 17.0 Å². The van der Waals surface area contributed by atoms with Gasteiger partial charge in [-0.25, -0.2) is 0 Å². The van der Waals surface area contributed by atoms with E-state index in [9.17, 15) is 0 Å². The highest BCUT2D eigenvalue weighted by atomic mass is 14.8. The smallest absolute Gasteiger partial charge is 0.0707 e. The summed E-state index contributed by atoms with van der Waals surface area (Å²) in [4.78, 5) is 4.34. The second-order valence-electron chi connectivity index (χ2n) is 3.71. The minimum atomic E-state index is 1.01. The van der Waals surface area contributed by atoms with Gasteiger partial charge in [-0.2, -0.15) is 0 Å². The summed E-state index contributed by atoms with van der Waals surface area (Å²) in [5.74, 6) is 0. The Hall–Kier alpha value is -1.67. The Morgan fingerprint density at radius 1 is 1.25 bits per heavy atom. The van der Waals surface area contributed by atoms with E-state index in [1.54, 1.807) is 0 Å². The molecule has 0 radical (unpaired) electrons. The molecule has 82 valence electrons. The van der Waals surface area contributed by atoms with Crippen molar-refractivity contribution in [3.8, 4) is 0 Å². The van der Waals surface area contributed by atoms with Gasteiger partial charge in [-0.3, -0.25) is 4.98 Å². The van der Waals surface area contributed by atoms with E-state index in [0.29, 0.717) is 0 Å². The first kappa shape index (κ1) is 10.8. The van der Waals surface area contributed by atoms with E-state index in [4.69, 9.17) is 0 Å². The summed E-state index contributed by atoms with van der Waals surface area (Å²) < 4.78 is 0. The highest BCUT2D eigenvalue weighted by Gasteiger charge is 1.96. The number of pyridine rings is 1. The van der Waals surface area contributed by atoms with E-state index < -0.39 is 0 Å². The van der Waals surface area contributed by atoms with Crippen LogP contribution in [0.4, 0.5) is 0 Å². The van der Waals surface area contributed by atoms with Crippen molar-refractivity contribution < 1.29 is 0 Å². The minimum Gasteiger partial charge on any atom is -0.319 e. The largest absolute Gasteiger partial charge is 0.319 e. The fourth-order valence-electron chi connectivity index (χ4n) is 1.71. The first-order chi connectivity index (χ1) is 7.92. The van der Waals surface area contributed by atoms with Crippen molar-refractivity contribution in [2.75, 3.05) is 13.6 Å². The van der Waals surface area contributed by atoms with E-state index in [1.165, 1.54) is 10.9 Å². The van der Waals surface area contributed by atoms with Crippen LogP contribution in [0.25, 0.3) is 17.0 Å². The SMILES string of the molecule is CNCCC=Cc1cccc2ncccc12. The zero-order valence-corrected chi connectivity index (χ0v) is 9.48. The maximum Gasteiger partial charge on any atom is 0.0707 e. The molecule has 1 heterocycles. The van der Waals surface area contributed by atoms with Gasteiger partial charge >= 0.3 is 0 Å². The highest BCUT2D eigenvalue weighted by Crippen LogP contribution is 2.17. The van der Waals surface area contributed by atoms with E-state index >= 15 is 0 Å². The molecule has 1 N–H and O–H groups in total. The van der Waals surface area contributed by atoms with E-state index in [1.807, 2.05) is 31.4 Å². The summed E-state index contributed by atoms with van der Waals surface area (Å²) >= 11 is 0. The van der Waals surface area contributed by atoms with Crippen LogP contribution in [0.1, 0.15) is 12.0 Å². The Bertz CT molecular complexity index is 484. The predicted molar refractivity (Wildman–Crippen MR) is 69.3 cm³/mol. The van der Waals surface area contributed by atoms with Gasteiger partial charge < -0.3 is 5.32 Å². The molecular formula is C14H16N2. The Labute approximate surface area is 96.0 Å². The second-order valence-corrected chi connectivity index (χ2v) is 3.71. The van der Waals surface area contributed by atoms with Crippen LogP contribution in [0.2, 0.25) is 0 Å². The summed E-state index contributed by atoms with van der Waals surface area (Å²) in [7, 11) is 1.97. The van der Waals surface area contributed by atoms with Crippen LogP contribution >= 0.6 is 0 Å². The standard InChI is InChI=1S/C14H16N2/c1-15-10-3-2-6-12-7-4-9-14-13(12)8-5-11-16-14/h2,4-9,11,15H,3,10H2,1H3. The first-order valence-electron chi connectivity index (χ1n) is 5.56. The molecule has 0 saturated heterocycles. The topological polar surface area (TPSA) is 24.9 Å². The molecule has 0 atom stereocenters. The molecule has 0 amide bonds. The second kappa shape index (κ2) is 5.42. The van der Waals surface area contributed by atoms with Gasteiger partial charge in [0.05, 0.1) is 5.52 Å². The van der Waals surface area contributed by atoms with Crippen LogP contribution in [-0.2, 0) is 0 Å². The monoisotopic (exact) mass is 212 g/mol. The van der Waals surface area contributed by atoms with E-state index in [-0.39, 0.29) is 0 Å². The third-order valence-corrected chi connectivity index (χ3v) is 2.54. The first-order valence-corrected chi connectivity index (χ1v) is 5.56. The summed E-state index contributed by atoms with van der Waals surface area (Å²) in [6, 6.07) is 10.3. The predicted octanol–water partition coefficient (Wildman–Crippen LogP) is 2.86. The van der Waals surface area contributed by atoms with Crippen molar-refractivity contribution in [2.45, 2.75) is 6.42 Å². The summed E-state index contributed by atoms with van der Waals surface area (Å²) in [5, 5.41) is 4.34. The molecule has 0 bridgehead atoms. The molecule has 0 spiro atoms. The average molecular weight is 212 g/mol. The van der Waals surface area contributed by atoms with E-state index in [0.717, 1.165) is 18.5 Å². The minimum absolute atomic E-state index is 1.01. The van der Waals surface area contributed by atoms with Gasteiger partial charge in [0.2, 0.25) is 0 Å². The lowest BCUT2D eigenvalue weighted by molar-refractivity contribution is 0.809. The van der Waals surface area contributed by atoms with Crippen LogP contribution < -0.4 is 5.32 Å². The summed E-state index contributed by atoms with van der Waals surface area (Å²) in [5.41, 5.74) is 2.29. The molecule has 2 aromatic rings. The number of fused-ring (bicyclic) bond motifs is 1. The van der Waals surface area contributed by atoms with Gasteiger partial charge in [0.15, 0.2) is 0 Å². The fourth-order valence-corrected chi connectivity index (χ4v) is 1.71. The third kappa shape index (κ3) is 2.47. The number of rotatable bonds is 4. The molecule has 0 unspecified atom stereocenters. The van der Waals surface area contributed by atoms with Gasteiger partial charge in [0.1, 0.15) is 0 Å². The van der Waals surface area contributed by atoms with Crippen LogP contribution in [0.3, 0.4) is 0 Å². The summed E-state index contributed by atoms with van der Waals surface area (Å²) in [6.45, 7) is 1.01. The number of nitrogens with one attached hydrogen (secondary N) is 1. The van der Waals surface area contributed by atoms with Crippen LogP contribution in [0.15, 0.2) is 42.6 Å². The molecule has 1 aromatic heterocycles. The lowest BCUT2D eigenvalue weighted by Crippen LogP contribution is -2.05. The average Bonchev–Trinajstić information content (AvgIpc) is 2.35. The van der Waals surface area contributed by atoms with Crippen LogP contribution in [-0.4, -0.2) is 18.6 Å².